The van der Waals surface area contributed by atoms with E-state index in [0.717, 1.165) is 25.0 Å². The topological polar surface area (TPSA) is 41.6 Å². The lowest BCUT2D eigenvalue weighted by Crippen LogP contribution is -2.50. The molecular formula is C15H21ClF2N2O2. The molecule has 22 heavy (non-hydrogen) atoms. The number of likely N-dealkylation sites (N-methyl/N-ethyl adjacent to an activating group) is 1. The Labute approximate surface area is 135 Å². The smallest absolute Gasteiger partial charge is 0.263 e. The van der Waals surface area contributed by atoms with E-state index in [2.05, 4.69) is 5.32 Å². The van der Waals surface area contributed by atoms with Gasteiger partial charge in [-0.1, -0.05) is 0 Å². The number of piperidine rings is 1. The zero-order valence-electron chi connectivity index (χ0n) is 12.6. The summed E-state index contributed by atoms with van der Waals surface area (Å²) < 4.78 is 31.4. The van der Waals surface area contributed by atoms with E-state index in [-0.39, 0.29) is 30.1 Å². The summed E-state index contributed by atoms with van der Waals surface area (Å²) in [6, 6.07) is 3.54. The maximum atomic E-state index is 13.1. The molecule has 0 spiro atoms. The van der Waals surface area contributed by atoms with Crippen LogP contribution in [0.4, 0.5) is 8.78 Å². The Hall–Kier alpha value is -1.40. The van der Waals surface area contributed by atoms with Crippen molar-refractivity contribution in [2.75, 3.05) is 20.1 Å². The zero-order chi connectivity index (χ0) is 15.4. The fraction of sp³-hybridized carbons (Fsp3) is 0.533. The second-order valence-corrected chi connectivity index (χ2v) is 5.25. The number of benzene rings is 1. The number of carbonyl (C=O) groups is 1. The SMILES string of the molecule is CNC1CCCN(C(=O)C(C)Oc2ccc(F)c(F)c2)C1.Cl. The second-order valence-electron chi connectivity index (χ2n) is 5.25. The summed E-state index contributed by atoms with van der Waals surface area (Å²) >= 11 is 0. The molecule has 2 unspecified atom stereocenters. The predicted octanol–water partition coefficient (Wildman–Crippen LogP) is 2.36. The summed E-state index contributed by atoms with van der Waals surface area (Å²) in [6.45, 7) is 2.95. The minimum Gasteiger partial charge on any atom is -0.481 e. The number of hydrogen-bond acceptors (Lipinski definition) is 3. The van der Waals surface area contributed by atoms with Gasteiger partial charge in [-0.3, -0.25) is 4.79 Å². The molecule has 0 saturated carbocycles. The van der Waals surface area contributed by atoms with Crippen LogP contribution >= 0.6 is 12.4 Å². The first-order valence-corrected chi connectivity index (χ1v) is 7.09. The molecule has 124 valence electrons. The highest BCUT2D eigenvalue weighted by molar-refractivity contribution is 5.85. The molecule has 7 heteroatoms. The normalized spacial score (nSPS) is 19.3. The lowest BCUT2D eigenvalue weighted by atomic mass is 10.1. The van der Waals surface area contributed by atoms with Gasteiger partial charge in [-0.2, -0.15) is 0 Å². The molecule has 1 aliphatic rings. The van der Waals surface area contributed by atoms with E-state index in [1.807, 2.05) is 7.05 Å². The van der Waals surface area contributed by atoms with Crippen LogP contribution in [0.3, 0.4) is 0 Å². The maximum absolute atomic E-state index is 13.1. The first-order valence-electron chi connectivity index (χ1n) is 7.09. The van der Waals surface area contributed by atoms with Crippen LogP contribution in [0.5, 0.6) is 5.75 Å². The monoisotopic (exact) mass is 334 g/mol. The van der Waals surface area contributed by atoms with Gasteiger partial charge >= 0.3 is 0 Å². The summed E-state index contributed by atoms with van der Waals surface area (Å²) in [4.78, 5) is 14.1. The van der Waals surface area contributed by atoms with Gasteiger partial charge in [0.2, 0.25) is 0 Å². The van der Waals surface area contributed by atoms with Crippen molar-refractivity contribution in [2.45, 2.75) is 31.9 Å². The van der Waals surface area contributed by atoms with Crippen LogP contribution in [0.2, 0.25) is 0 Å². The van der Waals surface area contributed by atoms with Crippen LogP contribution in [-0.2, 0) is 4.79 Å². The van der Waals surface area contributed by atoms with E-state index in [1.54, 1.807) is 11.8 Å². The quantitative estimate of drug-likeness (QED) is 0.919. The average Bonchev–Trinajstić information content (AvgIpc) is 2.50. The third kappa shape index (κ3) is 4.55. The number of nitrogens with one attached hydrogen (secondary N) is 1. The number of rotatable bonds is 4. The second kappa shape index (κ2) is 8.29. The Morgan fingerprint density at radius 2 is 2.14 bits per heavy atom. The molecule has 1 heterocycles. The van der Waals surface area contributed by atoms with E-state index in [4.69, 9.17) is 4.74 Å². The van der Waals surface area contributed by atoms with Crippen molar-refractivity contribution in [2.24, 2.45) is 0 Å². The molecule has 1 saturated heterocycles. The van der Waals surface area contributed by atoms with Crippen molar-refractivity contribution in [1.29, 1.82) is 0 Å². The minimum absolute atomic E-state index is 0. The van der Waals surface area contributed by atoms with Crippen molar-refractivity contribution in [3.05, 3.63) is 29.8 Å². The molecule has 0 bridgehead atoms. The lowest BCUT2D eigenvalue weighted by molar-refractivity contribution is -0.139. The highest BCUT2D eigenvalue weighted by atomic mass is 35.5. The number of carbonyl (C=O) groups excluding carboxylic acids is 1. The molecule has 1 aliphatic heterocycles. The van der Waals surface area contributed by atoms with E-state index >= 15 is 0 Å². The third-order valence-electron chi connectivity index (χ3n) is 3.69. The Kier molecular flexibility index (Phi) is 7.03. The van der Waals surface area contributed by atoms with Crippen molar-refractivity contribution in [1.82, 2.24) is 10.2 Å². The van der Waals surface area contributed by atoms with Gasteiger partial charge in [0, 0.05) is 25.2 Å². The molecule has 1 aromatic rings. The van der Waals surface area contributed by atoms with Gasteiger partial charge < -0.3 is 15.0 Å². The zero-order valence-corrected chi connectivity index (χ0v) is 13.5. The van der Waals surface area contributed by atoms with Crippen LogP contribution in [0.1, 0.15) is 19.8 Å². The molecule has 1 amide bonds. The maximum Gasteiger partial charge on any atom is 0.263 e. The molecule has 1 N–H and O–H groups in total. The Balaban J connectivity index is 0.00000242. The Morgan fingerprint density at radius 3 is 2.77 bits per heavy atom. The molecule has 1 fully saturated rings. The summed E-state index contributed by atoms with van der Waals surface area (Å²) in [5, 5.41) is 3.17. The van der Waals surface area contributed by atoms with Gasteiger partial charge in [0.25, 0.3) is 5.91 Å². The molecule has 1 aromatic carbocycles. The summed E-state index contributed by atoms with van der Waals surface area (Å²) in [5.41, 5.74) is 0. The minimum atomic E-state index is -0.986. The number of likely N-dealkylation sites (tertiary alicyclic amines) is 1. The molecule has 0 radical (unpaired) electrons. The molecule has 2 rings (SSSR count). The first kappa shape index (κ1) is 18.6. The van der Waals surface area contributed by atoms with Gasteiger partial charge in [-0.15, -0.1) is 12.4 Å². The fourth-order valence-corrected chi connectivity index (χ4v) is 2.47. The van der Waals surface area contributed by atoms with Crippen molar-refractivity contribution >= 4 is 18.3 Å². The Bertz CT molecular complexity index is 516. The summed E-state index contributed by atoms with van der Waals surface area (Å²) in [5.74, 6) is -1.91. The summed E-state index contributed by atoms with van der Waals surface area (Å²) in [7, 11) is 1.87. The van der Waals surface area contributed by atoms with E-state index in [9.17, 15) is 13.6 Å². The number of hydrogen-bond donors (Lipinski definition) is 1. The fourth-order valence-electron chi connectivity index (χ4n) is 2.47. The first-order chi connectivity index (χ1) is 10.0. The molecule has 0 aliphatic carbocycles. The highest BCUT2D eigenvalue weighted by Crippen LogP contribution is 2.18. The van der Waals surface area contributed by atoms with Crippen LogP contribution in [-0.4, -0.2) is 43.1 Å². The number of halogens is 3. The lowest BCUT2D eigenvalue weighted by Gasteiger charge is -2.34. The van der Waals surface area contributed by atoms with E-state index in [1.165, 1.54) is 6.07 Å². The summed E-state index contributed by atoms with van der Waals surface area (Å²) in [6.07, 6.45) is 1.25. The van der Waals surface area contributed by atoms with Crippen molar-refractivity contribution in [3.8, 4) is 5.75 Å². The standard InChI is InChI=1S/C15H20F2N2O2.ClH/c1-10(21-12-5-6-13(16)14(17)8-12)15(20)19-7-3-4-11(9-19)18-2;/h5-6,8,10-11,18H,3-4,7,9H2,1-2H3;1H. The van der Waals surface area contributed by atoms with Crippen LogP contribution in [0.15, 0.2) is 18.2 Å². The molecule has 2 atom stereocenters. The van der Waals surface area contributed by atoms with Gasteiger partial charge in [0.15, 0.2) is 17.7 Å². The van der Waals surface area contributed by atoms with E-state index < -0.39 is 17.7 Å². The average molecular weight is 335 g/mol. The molecule has 4 nitrogen and oxygen atoms in total. The number of ether oxygens (including phenoxy) is 1. The van der Waals surface area contributed by atoms with Crippen molar-refractivity contribution < 1.29 is 18.3 Å². The van der Waals surface area contributed by atoms with E-state index in [0.29, 0.717) is 13.1 Å². The number of nitrogens with zero attached hydrogens (tertiary/aromatic N) is 1. The predicted molar refractivity (Wildman–Crippen MR) is 82.4 cm³/mol. The largest absolute Gasteiger partial charge is 0.481 e. The van der Waals surface area contributed by atoms with Gasteiger partial charge in [-0.05, 0) is 38.9 Å². The van der Waals surface area contributed by atoms with Crippen LogP contribution < -0.4 is 10.1 Å². The van der Waals surface area contributed by atoms with Gasteiger partial charge in [-0.25, -0.2) is 8.78 Å². The van der Waals surface area contributed by atoms with Crippen molar-refractivity contribution in [3.63, 3.8) is 0 Å². The molecule has 0 aromatic heterocycles. The third-order valence-corrected chi connectivity index (χ3v) is 3.69. The van der Waals surface area contributed by atoms with Gasteiger partial charge in [0.1, 0.15) is 5.75 Å². The molecular weight excluding hydrogens is 314 g/mol. The number of amides is 1. The van der Waals surface area contributed by atoms with Crippen LogP contribution in [0, 0.1) is 11.6 Å². The Morgan fingerprint density at radius 1 is 1.41 bits per heavy atom. The van der Waals surface area contributed by atoms with Crippen LogP contribution in [0.25, 0.3) is 0 Å². The highest BCUT2D eigenvalue weighted by Gasteiger charge is 2.27. The van der Waals surface area contributed by atoms with Gasteiger partial charge in [0.05, 0.1) is 0 Å².